The summed E-state index contributed by atoms with van der Waals surface area (Å²) in [6.45, 7) is 0.211. The number of pyridine rings is 1. The first-order valence-electron chi connectivity index (χ1n) is 10.4. The number of aromatic hydroxyl groups is 1. The lowest BCUT2D eigenvalue weighted by atomic mass is 10.1. The van der Waals surface area contributed by atoms with Crippen molar-refractivity contribution in [2.45, 2.75) is 16.3 Å². The van der Waals surface area contributed by atoms with E-state index in [2.05, 4.69) is 15.9 Å². The summed E-state index contributed by atoms with van der Waals surface area (Å²) < 4.78 is 13.2. The third-order valence-electron chi connectivity index (χ3n) is 5.53. The average molecular weight is 571 g/mol. The standard InChI is InChI=1S/C26H17BrClNO5S/c1-33-17-8-5-14(6-9-17)13-29-20-12-16(28)7-10-19(20)23-21(25(29)31)22(30)24(26(32)34-23)35-18-4-2-3-15(27)11-18/h2-12,30H,13H2,1H3. The maximum Gasteiger partial charge on any atom is 0.354 e. The summed E-state index contributed by atoms with van der Waals surface area (Å²) >= 11 is 10.7. The van der Waals surface area contributed by atoms with Gasteiger partial charge in [0.25, 0.3) is 5.56 Å². The van der Waals surface area contributed by atoms with Crippen molar-refractivity contribution in [1.82, 2.24) is 4.57 Å². The molecule has 0 aliphatic carbocycles. The van der Waals surface area contributed by atoms with E-state index in [1.165, 1.54) is 4.57 Å². The van der Waals surface area contributed by atoms with E-state index in [0.717, 1.165) is 21.8 Å². The monoisotopic (exact) mass is 569 g/mol. The van der Waals surface area contributed by atoms with Gasteiger partial charge < -0.3 is 18.8 Å². The molecule has 0 saturated carbocycles. The van der Waals surface area contributed by atoms with Crippen LogP contribution in [0.3, 0.4) is 0 Å². The Morgan fingerprint density at radius 1 is 1.09 bits per heavy atom. The van der Waals surface area contributed by atoms with Gasteiger partial charge >= 0.3 is 5.63 Å². The van der Waals surface area contributed by atoms with Crippen LogP contribution in [-0.2, 0) is 6.54 Å². The number of methoxy groups -OCH3 is 1. The number of halogens is 2. The van der Waals surface area contributed by atoms with Gasteiger partial charge in [0.15, 0.2) is 11.3 Å². The average Bonchev–Trinajstić information content (AvgIpc) is 2.84. The van der Waals surface area contributed by atoms with Gasteiger partial charge in [0, 0.05) is 19.8 Å². The number of hydrogen-bond acceptors (Lipinski definition) is 6. The molecule has 0 saturated heterocycles. The number of ether oxygens (including phenoxy) is 1. The van der Waals surface area contributed by atoms with Gasteiger partial charge in [-0.2, -0.15) is 0 Å². The minimum absolute atomic E-state index is 0.0220. The van der Waals surface area contributed by atoms with Crippen molar-refractivity contribution in [3.63, 3.8) is 0 Å². The van der Waals surface area contributed by atoms with Crippen LogP contribution in [0.15, 0.2) is 95.0 Å². The predicted octanol–water partition coefficient (Wildman–Crippen LogP) is 6.44. The van der Waals surface area contributed by atoms with Crippen LogP contribution in [0.5, 0.6) is 11.5 Å². The highest BCUT2D eigenvalue weighted by molar-refractivity contribution is 9.10. The Hall–Kier alpha value is -3.20. The van der Waals surface area contributed by atoms with Crippen LogP contribution in [0.25, 0.3) is 21.9 Å². The predicted molar refractivity (Wildman–Crippen MR) is 141 cm³/mol. The van der Waals surface area contributed by atoms with E-state index in [4.69, 9.17) is 20.8 Å². The Balaban J connectivity index is 1.76. The third-order valence-corrected chi connectivity index (χ3v) is 7.31. The largest absolute Gasteiger partial charge is 0.505 e. The van der Waals surface area contributed by atoms with Crippen molar-refractivity contribution in [3.8, 4) is 11.5 Å². The van der Waals surface area contributed by atoms with E-state index < -0.39 is 16.9 Å². The summed E-state index contributed by atoms with van der Waals surface area (Å²) in [5, 5.41) is 12.0. The second kappa shape index (κ2) is 9.45. The maximum absolute atomic E-state index is 13.7. The van der Waals surface area contributed by atoms with Gasteiger partial charge in [-0.25, -0.2) is 4.79 Å². The SMILES string of the molecule is COc1ccc(Cn2c(=O)c3c(O)c(Sc4cccc(Br)c4)c(=O)oc3c3ccc(Cl)cc32)cc1. The minimum Gasteiger partial charge on any atom is -0.505 e. The fraction of sp³-hybridized carbons (Fsp3) is 0.0769. The van der Waals surface area contributed by atoms with E-state index in [9.17, 15) is 14.7 Å². The zero-order valence-corrected chi connectivity index (χ0v) is 21.4. The highest BCUT2D eigenvalue weighted by Crippen LogP contribution is 2.38. The van der Waals surface area contributed by atoms with E-state index >= 15 is 0 Å². The maximum atomic E-state index is 13.7. The summed E-state index contributed by atoms with van der Waals surface area (Å²) in [5.41, 5.74) is 0.120. The third kappa shape index (κ3) is 4.45. The van der Waals surface area contributed by atoms with E-state index in [-0.39, 0.29) is 22.4 Å². The van der Waals surface area contributed by atoms with Crippen molar-refractivity contribution in [2.75, 3.05) is 7.11 Å². The smallest absolute Gasteiger partial charge is 0.354 e. The van der Waals surface area contributed by atoms with Crippen molar-refractivity contribution in [3.05, 3.63) is 103 Å². The number of nitrogens with zero attached hydrogens (tertiary/aromatic N) is 1. The molecule has 0 fully saturated rings. The Labute approximate surface area is 216 Å². The molecule has 0 spiro atoms. The Morgan fingerprint density at radius 3 is 2.57 bits per heavy atom. The van der Waals surface area contributed by atoms with Crippen LogP contribution in [-0.4, -0.2) is 16.8 Å². The molecule has 35 heavy (non-hydrogen) atoms. The molecule has 0 aliphatic rings. The lowest BCUT2D eigenvalue weighted by molar-refractivity contribution is 0.414. The molecule has 5 rings (SSSR count). The summed E-state index contributed by atoms with van der Waals surface area (Å²) in [7, 11) is 1.58. The molecule has 0 atom stereocenters. The highest BCUT2D eigenvalue weighted by atomic mass is 79.9. The van der Waals surface area contributed by atoms with Gasteiger partial charge in [0.05, 0.1) is 19.2 Å². The molecular weight excluding hydrogens is 554 g/mol. The lowest BCUT2D eigenvalue weighted by Gasteiger charge is -2.15. The molecule has 0 unspecified atom stereocenters. The minimum atomic E-state index is -0.733. The van der Waals surface area contributed by atoms with E-state index in [0.29, 0.717) is 26.6 Å². The van der Waals surface area contributed by atoms with Crippen molar-refractivity contribution >= 4 is 61.2 Å². The lowest BCUT2D eigenvalue weighted by Crippen LogP contribution is -2.22. The Kier molecular flexibility index (Phi) is 6.35. The van der Waals surface area contributed by atoms with E-state index in [1.807, 2.05) is 24.3 Å². The summed E-state index contributed by atoms with van der Waals surface area (Å²) in [4.78, 5) is 27.3. The fourth-order valence-corrected chi connectivity index (χ4v) is 5.48. The number of fused-ring (bicyclic) bond motifs is 3. The Morgan fingerprint density at radius 2 is 1.86 bits per heavy atom. The van der Waals surface area contributed by atoms with Crippen LogP contribution >= 0.6 is 39.3 Å². The summed E-state index contributed by atoms with van der Waals surface area (Å²) in [6, 6.07) is 19.5. The Bertz CT molecular complexity index is 1710. The molecule has 1 N–H and O–H groups in total. The van der Waals surface area contributed by atoms with Crippen LogP contribution < -0.4 is 15.9 Å². The van der Waals surface area contributed by atoms with Crippen LogP contribution in [0.4, 0.5) is 0 Å². The first kappa shape index (κ1) is 23.5. The van der Waals surface area contributed by atoms with Crippen LogP contribution in [0.1, 0.15) is 5.56 Å². The molecule has 0 aliphatic heterocycles. The van der Waals surface area contributed by atoms with Crippen molar-refractivity contribution in [2.24, 2.45) is 0 Å². The molecule has 0 amide bonds. The summed E-state index contributed by atoms with van der Waals surface area (Å²) in [5.74, 6) is 0.285. The second-order valence-corrected chi connectivity index (χ2v) is 10.2. The van der Waals surface area contributed by atoms with Crippen molar-refractivity contribution in [1.29, 1.82) is 0 Å². The normalized spacial score (nSPS) is 11.3. The number of rotatable bonds is 5. The number of hydrogen-bond donors (Lipinski definition) is 1. The second-order valence-electron chi connectivity index (χ2n) is 7.73. The molecule has 176 valence electrons. The molecule has 3 aromatic carbocycles. The molecule has 6 nitrogen and oxygen atoms in total. The number of benzene rings is 3. The van der Waals surface area contributed by atoms with Gasteiger partial charge in [-0.3, -0.25) is 4.79 Å². The molecule has 2 heterocycles. The molecule has 0 bridgehead atoms. The van der Waals surface area contributed by atoms with Gasteiger partial charge in [-0.15, -0.1) is 0 Å². The quantitative estimate of drug-likeness (QED) is 0.245. The molecule has 5 aromatic rings. The molecule has 2 aromatic heterocycles. The van der Waals surface area contributed by atoms with Gasteiger partial charge in [-0.05, 0) is 54.1 Å². The molecule has 0 radical (unpaired) electrons. The topological polar surface area (TPSA) is 81.7 Å². The fourth-order valence-electron chi connectivity index (χ4n) is 3.87. The highest BCUT2D eigenvalue weighted by Gasteiger charge is 2.22. The van der Waals surface area contributed by atoms with Gasteiger partial charge in [0.2, 0.25) is 0 Å². The van der Waals surface area contributed by atoms with Crippen LogP contribution in [0.2, 0.25) is 5.02 Å². The first-order valence-corrected chi connectivity index (χ1v) is 12.4. The van der Waals surface area contributed by atoms with Gasteiger partial charge in [-0.1, -0.05) is 57.5 Å². The zero-order valence-electron chi connectivity index (χ0n) is 18.2. The summed E-state index contributed by atoms with van der Waals surface area (Å²) in [6.07, 6.45) is 0. The molecule has 9 heteroatoms. The molecular formula is C26H17BrClNO5S. The van der Waals surface area contributed by atoms with Gasteiger partial charge in [0.1, 0.15) is 16.0 Å². The first-order chi connectivity index (χ1) is 16.9. The van der Waals surface area contributed by atoms with E-state index in [1.54, 1.807) is 49.6 Å². The zero-order chi connectivity index (χ0) is 24.7. The van der Waals surface area contributed by atoms with Crippen LogP contribution in [0, 0.1) is 0 Å². The van der Waals surface area contributed by atoms with Crippen molar-refractivity contribution < 1.29 is 14.3 Å². The number of aromatic nitrogens is 1.